The van der Waals surface area contributed by atoms with Crippen LogP contribution in [0.5, 0.6) is 0 Å². The van der Waals surface area contributed by atoms with Gasteiger partial charge in [-0.15, -0.1) is 0 Å². The van der Waals surface area contributed by atoms with Gasteiger partial charge in [0.05, 0.1) is 6.61 Å². The highest BCUT2D eigenvalue weighted by Crippen LogP contribution is 2.35. The minimum Gasteiger partial charge on any atom is -0.396 e. The zero-order valence-corrected chi connectivity index (χ0v) is 14.7. The van der Waals surface area contributed by atoms with Crippen molar-refractivity contribution in [1.82, 2.24) is 10.1 Å². The molecule has 5 nitrogen and oxygen atoms in total. The Morgan fingerprint density at radius 1 is 1.04 bits per heavy atom. The summed E-state index contributed by atoms with van der Waals surface area (Å²) in [6, 6.07) is 20.2. The van der Waals surface area contributed by atoms with Crippen LogP contribution in [0.15, 0.2) is 65.2 Å². The molecule has 134 valence electrons. The number of piperidine rings is 1. The van der Waals surface area contributed by atoms with Crippen LogP contribution in [-0.4, -0.2) is 34.9 Å². The molecule has 1 saturated heterocycles. The second-order valence-corrected chi connectivity index (χ2v) is 7.11. The van der Waals surface area contributed by atoms with E-state index in [-0.39, 0.29) is 12.0 Å². The molecule has 0 saturated carbocycles. The molecule has 1 N–H and O–H groups in total. The number of benzene rings is 2. The van der Waals surface area contributed by atoms with E-state index < -0.39 is 0 Å². The maximum atomic E-state index is 10.2. The van der Waals surface area contributed by atoms with E-state index in [0.717, 1.165) is 37.9 Å². The van der Waals surface area contributed by atoms with E-state index in [1.165, 1.54) is 5.56 Å². The summed E-state index contributed by atoms with van der Waals surface area (Å²) in [5.74, 6) is 1.14. The van der Waals surface area contributed by atoms with E-state index >= 15 is 0 Å². The summed E-state index contributed by atoms with van der Waals surface area (Å²) in [5.41, 5.74) is 2.00. The highest BCUT2D eigenvalue weighted by atomic mass is 16.5. The van der Waals surface area contributed by atoms with Gasteiger partial charge in [0.25, 0.3) is 11.8 Å². The van der Waals surface area contributed by atoms with Gasteiger partial charge in [0.1, 0.15) is 0 Å². The Kier molecular flexibility index (Phi) is 4.71. The van der Waals surface area contributed by atoms with Gasteiger partial charge >= 0.3 is 0 Å². The Bertz CT molecular complexity index is 835. The summed E-state index contributed by atoms with van der Waals surface area (Å²) in [7, 11) is 0. The molecule has 2 aromatic carbocycles. The molecule has 1 aromatic heterocycles. The number of aliphatic hydroxyl groups excluding tert-OH is 1. The summed E-state index contributed by atoms with van der Waals surface area (Å²) in [6.07, 6.45) is 2.85. The highest BCUT2D eigenvalue weighted by Gasteiger charge is 2.36. The largest absolute Gasteiger partial charge is 0.396 e. The van der Waals surface area contributed by atoms with Crippen LogP contribution in [0, 0.1) is 5.41 Å². The normalized spacial score (nSPS) is 20.3. The first kappa shape index (κ1) is 16.8. The molecule has 0 bridgehead atoms. The van der Waals surface area contributed by atoms with Crippen molar-refractivity contribution in [3.63, 3.8) is 0 Å². The average Bonchev–Trinajstić information content (AvgIpc) is 3.20. The van der Waals surface area contributed by atoms with Gasteiger partial charge < -0.3 is 14.5 Å². The number of rotatable bonds is 5. The monoisotopic (exact) mass is 349 g/mol. The third-order valence-corrected chi connectivity index (χ3v) is 5.14. The summed E-state index contributed by atoms with van der Waals surface area (Å²) in [6.45, 7) is 1.76. The molecule has 26 heavy (non-hydrogen) atoms. The highest BCUT2D eigenvalue weighted by molar-refractivity contribution is 5.54. The Balaban J connectivity index is 1.53. The van der Waals surface area contributed by atoms with Crippen LogP contribution >= 0.6 is 0 Å². The first-order valence-corrected chi connectivity index (χ1v) is 9.07. The van der Waals surface area contributed by atoms with E-state index in [1.807, 2.05) is 48.5 Å². The second kappa shape index (κ2) is 7.30. The fourth-order valence-corrected chi connectivity index (χ4v) is 3.78. The van der Waals surface area contributed by atoms with Crippen LogP contribution in [0.3, 0.4) is 0 Å². The lowest BCUT2D eigenvalue weighted by molar-refractivity contribution is 0.105. The van der Waals surface area contributed by atoms with Crippen molar-refractivity contribution in [3.8, 4) is 11.5 Å². The van der Waals surface area contributed by atoms with E-state index in [1.54, 1.807) is 0 Å². The van der Waals surface area contributed by atoms with E-state index in [9.17, 15) is 5.11 Å². The Labute approximate surface area is 153 Å². The van der Waals surface area contributed by atoms with Crippen LogP contribution in [0.2, 0.25) is 0 Å². The SMILES string of the molecule is OC[C@]1(Cc2ccccc2)CCCN(c2noc(-c3ccccc3)n2)C1. The van der Waals surface area contributed by atoms with Gasteiger partial charge in [0.2, 0.25) is 0 Å². The van der Waals surface area contributed by atoms with Crippen molar-refractivity contribution in [1.29, 1.82) is 0 Å². The number of aliphatic hydroxyl groups is 1. The first-order chi connectivity index (χ1) is 12.8. The lowest BCUT2D eigenvalue weighted by Crippen LogP contribution is -2.47. The zero-order valence-electron chi connectivity index (χ0n) is 14.7. The van der Waals surface area contributed by atoms with Crippen molar-refractivity contribution in [2.24, 2.45) is 5.41 Å². The zero-order chi connectivity index (χ0) is 17.8. The van der Waals surface area contributed by atoms with Crippen molar-refractivity contribution < 1.29 is 9.63 Å². The minimum absolute atomic E-state index is 0.155. The molecule has 1 aliphatic heterocycles. The van der Waals surface area contributed by atoms with Crippen LogP contribution in [0.4, 0.5) is 5.95 Å². The number of nitrogens with zero attached hydrogens (tertiary/aromatic N) is 3. The molecule has 3 aromatic rings. The maximum absolute atomic E-state index is 10.2. The molecular weight excluding hydrogens is 326 g/mol. The number of hydrogen-bond donors (Lipinski definition) is 1. The molecule has 1 aliphatic rings. The molecule has 1 fully saturated rings. The molecule has 2 heterocycles. The Morgan fingerprint density at radius 3 is 2.50 bits per heavy atom. The van der Waals surface area contributed by atoms with E-state index in [2.05, 4.69) is 27.2 Å². The molecule has 0 radical (unpaired) electrons. The standard InChI is InChI=1S/C21H23N3O2/c25-16-21(14-17-8-3-1-4-9-17)12-7-13-24(15-21)20-22-19(26-23-20)18-10-5-2-6-11-18/h1-6,8-11,25H,7,12-16H2/t21-/m0/s1. The molecule has 0 amide bonds. The predicted molar refractivity (Wildman–Crippen MR) is 101 cm³/mol. The smallest absolute Gasteiger partial charge is 0.266 e. The third kappa shape index (κ3) is 3.48. The van der Waals surface area contributed by atoms with Gasteiger partial charge in [0.15, 0.2) is 0 Å². The molecular formula is C21H23N3O2. The number of anilines is 1. The number of hydrogen-bond acceptors (Lipinski definition) is 5. The molecule has 4 rings (SSSR count). The van der Waals surface area contributed by atoms with E-state index in [4.69, 9.17) is 4.52 Å². The summed E-state index contributed by atoms with van der Waals surface area (Å²) in [4.78, 5) is 6.72. The van der Waals surface area contributed by atoms with Gasteiger partial charge in [-0.25, -0.2) is 0 Å². The molecule has 0 spiro atoms. The molecule has 0 aliphatic carbocycles. The van der Waals surface area contributed by atoms with Gasteiger partial charge in [-0.1, -0.05) is 48.5 Å². The maximum Gasteiger partial charge on any atom is 0.266 e. The van der Waals surface area contributed by atoms with Crippen LogP contribution in [-0.2, 0) is 6.42 Å². The molecule has 0 unspecified atom stereocenters. The van der Waals surface area contributed by atoms with Gasteiger partial charge in [0, 0.05) is 24.1 Å². The summed E-state index contributed by atoms with van der Waals surface area (Å²) >= 11 is 0. The van der Waals surface area contributed by atoms with Crippen molar-refractivity contribution in [3.05, 3.63) is 66.2 Å². The second-order valence-electron chi connectivity index (χ2n) is 7.11. The Morgan fingerprint density at radius 2 is 1.77 bits per heavy atom. The third-order valence-electron chi connectivity index (χ3n) is 5.14. The van der Waals surface area contributed by atoms with Crippen LogP contribution < -0.4 is 4.90 Å². The van der Waals surface area contributed by atoms with Crippen molar-refractivity contribution >= 4 is 5.95 Å². The van der Waals surface area contributed by atoms with Gasteiger partial charge in [-0.05, 0) is 42.1 Å². The van der Waals surface area contributed by atoms with E-state index in [0.29, 0.717) is 11.8 Å². The van der Waals surface area contributed by atoms with Crippen LogP contribution in [0.1, 0.15) is 18.4 Å². The molecule has 5 heteroatoms. The lowest BCUT2D eigenvalue weighted by Gasteiger charge is -2.41. The molecule has 1 atom stereocenters. The quantitative estimate of drug-likeness (QED) is 0.763. The fraction of sp³-hybridized carbons (Fsp3) is 0.333. The summed E-state index contributed by atoms with van der Waals surface area (Å²) < 4.78 is 5.46. The van der Waals surface area contributed by atoms with Crippen molar-refractivity contribution in [2.45, 2.75) is 19.3 Å². The Hall–Kier alpha value is -2.66. The fourth-order valence-electron chi connectivity index (χ4n) is 3.78. The predicted octanol–water partition coefficient (Wildman–Crippen LogP) is 3.56. The van der Waals surface area contributed by atoms with Gasteiger partial charge in [-0.2, -0.15) is 4.98 Å². The van der Waals surface area contributed by atoms with Crippen LogP contribution in [0.25, 0.3) is 11.5 Å². The average molecular weight is 349 g/mol. The lowest BCUT2D eigenvalue weighted by atomic mass is 9.76. The topological polar surface area (TPSA) is 62.4 Å². The van der Waals surface area contributed by atoms with Gasteiger partial charge in [-0.3, -0.25) is 0 Å². The minimum atomic E-state index is -0.173. The summed E-state index contributed by atoms with van der Waals surface area (Å²) in [5, 5.41) is 14.3. The number of aromatic nitrogens is 2. The van der Waals surface area contributed by atoms with Crippen molar-refractivity contribution in [2.75, 3.05) is 24.6 Å². The first-order valence-electron chi connectivity index (χ1n) is 9.07.